The fourth-order valence-electron chi connectivity index (χ4n) is 4.59. The van der Waals surface area contributed by atoms with E-state index in [9.17, 15) is 0 Å². The molecule has 1 saturated heterocycles. The van der Waals surface area contributed by atoms with Gasteiger partial charge in [-0.3, -0.25) is 0 Å². The van der Waals surface area contributed by atoms with Crippen molar-refractivity contribution in [3.63, 3.8) is 0 Å². The minimum atomic E-state index is 0.519. The average Bonchev–Trinajstić information content (AvgIpc) is 3.34. The highest BCUT2D eigenvalue weighted by Crippen LogP contribution is 2.28. The van der Waals surface area contributed by atoms with E-state index in [-0.39, 0.29) is 0 Å². The van der Waals surface area contributed by atoms with Crippen molar-refractivity contribution in [3.8, 4) is 11.3 Å². The van der Waals surface area contributed by atoms with E-state index < -0.39 is 0 Å². The highest BCUT2D eigenvalue weighted by Gasteiger charge is 2.18. The summed E-state index contributed by atoms with van der Waals surface area (Å²) in [5, 5.41) is 13.9. The van der Waals surface area contributed by atoms with E-state index >= 15 is 0 Å². The van der Waals surface area contributed by atoms with Gasteiger partial charge in [-0.25, -0.2) is 4.98 Å². The summed E-state index contributed by atoms with van der Waals surface area (Å²) in [7, 11) is 0. The summed E-state index contributed by atoms with van der Waals surface area (Å²) in [6, 6.07) is 20.9. The molecular formula is C28H33N7O. The Morgan fingerprint density at radius 3 is 2.47 bits per heavy atom. The van der Waals surface area contributed by atoms with E-state index in [0.717, 1.165) is 54.5 Å². The molecule has 2 aromatic heterocycles. The summed E-state index contributed by atoms with van der Waals surface area (Å²) in [6.07, 6.45) is 0. The van der Waals surface area contributed by atoms with Crippen LogP contribution in [0.2, 0.25) is 0 Å². The maximum absolute atomic E-state index is 5.58. The van der Waals surface area contributed by atoms with Gasteiger partial charge in [0.15, 0.2) is 11.5 Å². The number of aromatic nitrogens is 3. The van der Waals surface area contributed by atoms with E-state index in [1.165, 1.54) is 11.3 Å². The number of morpholine rings is 1. The Labute approximate surface area is 212 Å². The van der Waals surface area contributed by atoms with E-state index in [1.54, 1.807) is 0 Å². The molecule has 0 aliphatic carbocycles. The van der Waals surface area contributed by atoms with Gasteiger partial charge >= 0.3 is 0 Å². The van der Waals surface area contributed by atoms with Crippen LogP contribution < -0.4 is 9.80 Å². The standard InChI is InChI=1S/C28H33N7O/c1-4-33(5-2)24-11-9-23(10-12-24)25-18-27-30-26(31-29-20-22-8-6-7-21(3)17-22)19-28(35(27)32-25)34-13-15-36-16-14-34/h6-12,17-19H,4-5,13-16,20H2,1-3H3. The van der Waals surface area contributed by atoms with Gasteiger partial charge in [0.1, 0.15) is 5.82 Å². The summed E-state index contributed by atoms with van der Waals surface area (Å²) < 4.78 is 7.49. The van der Waals surface area contributed by atoms with Crippen molar-refractivity contribution in [3.05, 3.63) is 71.8 Å². The molecule has 0 amide bonds. The number of ether oxygens (including phenoxy) is 1. The Morgan fingerprint density at radius 2 is 1.75 bits per heavy atom. The molecule has 0 N–H and O–H groups in total. The molecule has 0 bridgehead atoms. The molecule has 4 aromatic rings. The molecule has 1 fully saturated rings. The highest BCUT2D eigenvalue weighted by atomic mass is 16.5. The van der Waals surface area contributed by atoms with Crippen molar-refractivity contribution < 1.29 is 4.74 Å². The van der Waals surface area contributed by atoms with Crippen molar-refractivity contribution >= 4 is 23.0 Å². The monoisotopic (exact) mass is 483 g/mol. The quantitative estimate of drug-likeness (QED) is 0.302. The predicted molar refractivity (Wildman–Crippen MR) is 144 cm³/mol. The van der Waals surface area contributed by atoms with Crippen LogP contribution >= 0.6 is 0 Å². The summed E-state index contributed by atoms with van der Waals surface area (Å²) >= 11 is 0. The van der Waals surface area contributed by atoms with Crippen LogP contribution in [-0.2, 0) is 11.3 Å². The number of hydrogen-bond acceptors (Lipinski definition) is 7. The highest BCUT2D eigenvalue weighted by molar-refractivity contribution is 5.69. The molecule has 0 radical (unpaired) electrons. The van der Waals surface area contributed by atoms with Gasteiger partial charge in [-0.1, -0.05) is 42.0 Å². The number of hydrogen-bond donors (Lipinski definition) is 0. The molecular weight excluding hydrogens is 450 g/mol. The van der Waals surface area contributed by atoms with Crippen LogP contribution in [0.1, 0.15) is 25.0 Å². The number of aryl methyl sites for hydroxylation is 1. The Bertz CT molecular complexity index is 1340. The fraction of sp³-hybridized carbons (Fsp3) is 0.357. The first-order valence-electron chi connectivity index (χ1n) is 12.7. The first-order chi connectivity index (χ1) is 17.6. The Morgan fingerprint density at radius 1 is 0.972 bits per heavy atom. The van der Waals surface area contributed by atoms with Crippen LogP contribution in [0.15, 0.2) is 70.9 Å². The van der Waals surface area contributed by atoms with Crippen LogP contribution in [-0.4, -0.2) is 54.0 Å². The van der Waals surface area contributed by atoms with Crippen LogP contribution in [0.4, 0.5) is 17.3 Å². The first-order valence-corrected chi connectivity index (χ1v) is 12.7. The number of azo groups is 1. The van der Waals surface area contributed by atoms with E-state index in [2.05, 4.69) is 83.3 Å². The molecule has 0 spiro atoms. The zero-order valence-corrected chi connectivity index (χ0v) is 21.3. The number of nitrogens with zero attached hydrogens (tertiary/aromatic N) is 7. The zero-order chi connectivity index (χ0) is 24.9. The minimum absolute atomic E-state index is 0.519. The lowest BCUT2D eigenvalue weighted by molar-refractivity contribution is 0.122. The average molecular weight is 484 g/mol. The number of rotatable bonds is 8. The molecule has 0 atom stereocenters. The van der Waals surface area contributed by atoms with Gasteiger partial charge in [0, 0.05) is 49.6 Å². The maximum Gasteiger partial charge on any atom is 0.179 e. The third-order valence-corrected chi connectivity index (χ3v) is 6.53. The molecule has 0 saturated carbocycles. The Hall–Kier alpha value is -3.78. The molecule has 2 aromatic carbocycles. The molecule has 1 aliphatic rings. The minimum Gasteiger partial charge on any atom is -0.378 e. The number of fused-ring (bicyclic) bond motifs is 1. The van der Waals surface area contributed by atoms with Crippen LogP contribution in [0.5, 0.6) is 0 Å². The molecule has 8 nitrogen and oxygen atoms in total. The molecule has 186 valence electrons. The number of anilines is 2. The van der Waals surface area contributed by atoms with E-state index in [0.29, 0.717) is 25.6 Å². The molecule has 3 heterocycles. The molecule has 1 aliphatic heterocycles. The molecule has 0 unspecified atom stereocenters. The van der Waals surface area contributed by atoms with Crippen LogP contribution in [0.25, 0.3) is 16.9 Å². The topological polar surface area (TPSA) is 70.6 Å². The largest absolute Gasteiger partial charge is 0.378 e. The summed E-state index contributed by atoms with van der Waals surface area (Å²) in [5.41, 5.74) is 6.27. The van der Waals surface area contributed by atoms with Gasteiger partial charge in [-0.2, -0.15) is 14.7 Å². The summed E-state index contributed by atoms with van der Waals surface area (Å²) in [4.78, 5) is 9.38. The third-order valence-electron chi connectivity index (χ3n) is 6.53. The van der Waals surface area contributed by atoms with Gasteiger partial charge in [0.05, 0.1) is 25.5 Å². The lowest BCUT2D eigenvalue weighted by Gasteiger charge is -2.28. The van der Waals surface area contributed by atoms with Gasteiger partial charge in [-0.05, 0) is 38.5 Å². The van der Waals surface area contributed by atoms with Crippen molar-refractivity contribution in [1.82, 2.24) is 14.6 Å². The van der Waals surface area contributed by atoms with Gasteiger partial charge in [0.25, 0.3) is 0 Å². The normalized spacial score (nSPS) is 14.1. The third kappa shape index (κ3) is 5.23. The molecule has 8 heteroatoms. The predicted octanol–water partition coefficient (Wildman–Crippen LogP) is 5.67. The maximum atomic E-state index is 5.58. The van der Waals surface area contributed by atoms with E-state index in [4.69, 9.17) is 14.8 Å². The second-order valence-electron chi connectivity index (χ2n) is 8.98. The second kappa shape index (κ2) is 10.9. The SMILES string of the molecule is CCN(CC)c1ccc(-c2cc3nc(N=NCc4cccc(C)c4)cc(N4CCOCC4)n3n2)cc1. The first kappa shape index (κ1) is 23.9. The Kier molecular flexibility index (Phi) is 7.23. The van der Waals surface area contributed by atoms with Crippen molar-refractivity contribution in [2.24, 2.45) is 10.2 Å². The molecule has 36 heavy (non-hydrogen) atoms. The van der Waals surface area contributed by atoms with Gasteiger partial charge in [-0.15, -0.1) is 5.11 Å². The number of benzene rings is 2. The van der Waals surface area contributed by atoms with Crippen molar-refractivity contribution in [2.45, 2.75) is 27.3 Å². The summed E-state index contributed by atoms with van der Waals surface area (Å²) in [5.74, 6) is 1.54. The lowest BCUT2D eigenvalue weighted by atomic mass is 10.1. The van der Waals surface area contributed by atoms with Crippen molar-refractivity contribution in [1.29, 1.82) is 0 Å². The van der Waals surface area contributed by atoms with Crippen LogP contribution in [0.3, 0.4) is 0 Å². The smallest absolute Gasteiger partial charge is 0.179 e. The van der Waals surface area contributed by atoms with Gasteiger partial charge < -0.3 is 14.5 Å². The lowest BCUT2D eigenvalue weighted by Crippen LogP contribution is -2.37. The molecule has 5 rings (SSSR count). The Balaban J connectivity index is 1.48. The van der Waals surface area contributed by atoms with E-state index in [1.807, 2.05) is 22.7 Å². The fourth-order valence-corrected chi connectivity index (χ4v) is 4.59. The van der Waals surface area contributed by atoms with Crippen molar-refractivity contribution in [2.75, 3.05) is 49.2 Å². The van der Waals surface area contributed by atoms with Crippen LogP contribution in [0, 0.1) is 6.92 Å². The zero-order valence-electron chi connectivity index (χ0n) is 21.3. The summed E-state index contributed by atoms with van der Waals surface area (Å²) in [6.45, 7) is 11.9. The van der Waals surface area contributed by atoms with Gasteiger partial charge in [0.2, 0.25) is 0 Å². The second-order valence-corrected chi connectivity index (χ2v) is 8.98.